The quantitative estimate of drug-likeness (QED) is 0.876. The van der Waals surface area contributed by atoms with Gasteiger partial charge in [-0.2, -0.15) is 0 Å². The zero-order chi connectivity index (χ0) is 15.2. The molecule has 0 radical (unpaired) electrons. The first kappa shape index (κ1) is 15.5. The Balaban J connectivity index is 1.92. The van der Waals surface area contributed by atoms with Crippen molar-refractivity contribution in [2.45, 2.75) is 25.9 Å². The standard InChI is InChI=1S/C17H19ClN2O/c1-12(14-8-10-15(18)11-9-14)19-13(2)17(21)20-16-6-4-3-5-7-16/h3-13,19H,1-2H3,(H,20,21)/t12-,13?/m0/s1. The highest BCUT2D eigenvalue weighted by Crippen LogP contribution is 2.16. The Hall–Kier alpha value is -1.84. The van der Waals surface area contributed by atoms with Crippen LogP contribution in [0.4, 0.5) is 5.69 Å². The monoisotopic (exact) mass is 302 g/mol. The first-order valence-corrected chi connectivity index (χ1v) is 7.31. The fourth-order valence-electron chi connectivity index (χ4n) is 2.07. The number of carbonyl (C=O) groups is 1. The smallest absolute Gasteiger partial charge is 0.241 e. The SMILES string of the molecule is CC(N[C@@H](C)c1ccc(Cl)cc1)C(=O)Nc1ccccc1. The summed E-state index contributed by atoms with van der Waals surface area (Å²) in [6, 6.07) is 16.8. The van der Waals surface area contributed by atoms with Crippen LogP contribution in [0.25, 0.3) is 0 Å². The lowest BCUT2D eigenvalue weighted by Crippen LogP contribution is -2.39. The van der Waals surface area contributed by atoms with Gasteiger partial charge in [-0.05, 0) is 43.7 Å². The molecule has 0 saturated heterocycles. The van der Waals surface area contributed by atoms with Crippen molar-refractivity contribution in [3.8, 4) is 0 Å². The molecule has 0 heterocycles. The topological polar surface area (TPSA) is 41.1 Å². The number of anilines is 1. The van der Waals surface area contributed by atoms with Gasteiger partial charge in [0.05, 0.1) is 6.04 Å². The lowest BCUT2D eigenvalue weighted by molar-refractivity contribution is -0.117. The number of halogens is 1. The van der Waals surface area contributed by atoms with E-state index < -0.39 is 0 Å². The Morgan fingerprint density at radius 2 is 1.62 bits per heavy atom. The summed E-state index contributed by atoms with van der Waals surface area (Å²) in [6.07, 6.45) is 0. The highest BCUT2D eigenvalue weighted by molar-refractivity contribution is 6.30. The van der Waals surface area contributed by atoms with Crippen LogP contribution in [0.5, 0.6) is 0 Å². The number of benzene rings is 2. The van der Waals surface area contributed by atoms with E-state index in [0.717, 1.165) is 11.3 Å². The molecule has 1 unspecified atom stereocenters. The molecule has 3 nitrogen and oxygen atoms in total. The minimum Gasteiger partial charge on any atom is -0.325 e. The molecule has 2 N–H and O–H groups in total. The van der Waals surface area contributed by atoms with Gasteiger partial charge < -0.3 is 5.32 Å². The predicted octanol–water partition coefficient (Wildman–Crippen LogP) is 4.02. The summed E-state index contributed by atoms with van der Waals surface area (Å²) in [5.74, 6) is -0.0537. The third-order valence-corrected chi connectivity index (χ3v) is 3.56. The summed E-state index contributed by atoms with van der Waals surface area (Å²) in [4.78, 5) is 12.1. The Kier molecular flexibility index (Phi) is 5.37. The Bertz CT molecular complexity index is 583. The number of hydrogen-bond acceptors (Lipinski definition) is 2. The van der Waals surface area contributed by atoms with Crippen molar-refractivity contribution in [3.63, 3.8) is 0 Å². The van der Waals surface area contributed by atoms with Crippen LogP contribution >= 0.6 is 11.6 Å². The number of carbonyl (C=O) groups excluding carboxylic acids is 1. The van der Waals surface area contributed by atoms with Crippen molar-refractivity contribution in [1.29, 1.82) is 0 Å². The molecule has 2 rings (SSSR count). The van der Waals surface area contributed by atoms with E-state index >= 15 is 0 Å². The minimum absolute atomic E-state index is 0.0537. The van der Waals surface area contributed by atoms with Gasteiger partial charge in [-0.25, -0.2) is 0 Å². The van der Waals surface area contributed by atoms with Crippen molar-refractivity contribution < 1.29 is 4.79 Å². The molecule has 4 heteroatoms. The van der Waals surface area contributed by atoms with Gasteiger partial charge in [0.25, 0.3) is 0 Å². The van der Waals surface area contributed by atoms with Crippen molar-refractivity contribution in [2.75, 3.05) is 5.32 Å². The average molecular weight is 303 g/mol. The van der Waals surface area contributed by atoms with E-state index in [-0.39, 0.29) is 18.0 Å². The molecule has 0 aromatic heterocycles. The number of amides is 1. The lowest BCUT2D eigenvalue weighted by atomic mass is 10.1. The molecule has 2 aromatic carbocycles. The Morgan fingerprint density at radius 3 is 2.24 bits per heavy atom. The molecule has 0 fully saturated rings. The summed E-state index contributed by atoms with van der Waals surface area (Å²) in [6.45, 7) is 3.88. The van der Waals surface area contributed by atoms with E-state index in [1.807, 2.05) is 68.4 Å². The van der Waals surface area contributed by atoms with Gasteiger partial charge in [0.15, 0.2) is 0 Å². The molecule has 0 aliphatic rings. The van der Waals surface area contributed by atoms with Gasteiger partial charge in [-0.3, -0.25) is 10.1 Å². The van der Waals surface area contributed by atoms with Crippen molar-refractivity contribution in [1.82, 2.24) is 5.32 Å². The van der Waals surface area contributed by atoms with Crippen LogP contribution in [0.2, 0.25) is 5.02 Å². The maximum absolute atomic E-state index is 12.1. The summed E-state index contributed by atoms with van der Waals surface area (Å²) in [5.41, 5.74) is 1.90. The molecule has 2 atom stereocenters. The first-order valence-electron chi connectivity index (χ1n) is 6.93. The third-order valence-electron chi connectivity index (χ3n) is 3.30. The number of nitrogens with one attached hydrogen (secondary N) is 2. The second-order valence-electron chi connectivity index (χ2n) is 5.02. The number of hydrogen-bond donors (Lipinski definition) is 2. The first-order chi connectivity index (χ1) is 10.1. The molecule has 0 bridgehead atoms. The Morgan fingerprint density at radius 1 is 1.00 bits per heavy atom. The molecule has 1 amide bonds. The molecular weight excluding hydrogens is 284 g/mol. The van der Waals surface area contributed by atoms with Crippen LogP contribution in [-0.2, 0) is 4.79 Å². The normalized spacial score (nSPS) is 13.5. The van der Waals surface area contributed by atoms with Gasteiger partial charge >= 0.3 is 0 Å². The van der Waals surface area contributed by atoms with Crippen LogP contribution in [0.1, 0.15) is 25.5 Å². The van der Waals surface area contributed by atoms with Gasteiger partial charge in [0.1, 0.15) is 0 Å². The Labute approximate surface area is 130 Å². The van der Waals surface area contributed by atoms with E-state index in [1.54, 1.807) is 0 Å². The van der Waals surface area contributed by atoms with Crippen molar-refractivity contribution >= 4 is 23.2 Å². The highest BCUT2D eigenvalue weighted by atomic mass is 35.5. The van der Waals surface area contributed by atoms with Crippen LogP contribution in [0, 0.1) is 0 Å². The van der Waals surface area contributed by atoms with Crippen molar-refractivity contribution in [2.24, 2.45) is 0 Å². The minimum atomic E-state index is -0.295. The summed E-state index contributed by atoms with van der Waals surface area (Å²) in [7, 11) is 0. The van der Waals surface area contributed by atoms with Crippen LogP contribution in [0.3, 0.4) is 0 Å². The summed E-state index contributed by atoms with van der Waals surface area (Å²) in [5, 5.41) is 6.87. The van der Waals surface area contributed by atoms with Crippen LogP contribution in [0.15, 0.2) is 54.6 Å². The van der Waals surface area contributed by atoms with Crippen LogP contribution in [-0.4, -0.2) is 11.9 Å². The van der Waals surface area contributed by atoms with E-state index in [9.17, 15) is 4.79 Å². The van der Waals surface area contributed by atoms with E-state index in [4.69, 9.17) is 11.6 Å². The van der Waals surface area contributed by atoms with E-state index in [0.29, 0.717) is 5.02 Å². The molecule has 2 aromatic rings. The summed E-state index contributed by atoms with van der Waals surface area (Å²) < 4.78 is 0. The van der Waals surface area contributed by atoms with Crippen molar-refractivity contribution in [3.05, 3.63) is 65.2 Å². The zero-order valence-corrected chi connectivity index (χ0v) is 12.9. The summed E-state index contributed by atoms with van der Waals surface area (Å²) >= 11 is 5.88. The number of rotatable bonds is 5. The molecule has 0 saturated carbocycles. The fraction of sp³-hybridized carbons (Fsp3) is 0.235. The van der Waals surface area contributed by atoms with Gasteiger partial charge in [-0.1, -0.05) is 41.9 Å². The zero-order valence-electron chi connectivity index (χ0n) is 12.1. The van der Waals surface area contributed by atoms with E-state index in [1.165, 1.54) is 0 Å². The molecule has 0 aliphatic heterocycles. The van der Waals surface area contributed by atoms with E-state index in [2.05, 4.69) is 10.6 Å². The largest absolute Gasteiger partial charge is 0.325 e. The molecule has 0 spiro atoms. The molecule has 21 heavy (non-hydrogen) atoms. The highest BCUT2D eigenvalue weighted by Gasteiger charge is 2.16. The average Bonchev–Trinajstić information content (AvgIpc) is 2.48. The number of para-hydroxylation sites is 1. The molecule has 0 aliphatic carbocycles. The van der Waals surface area contributed by atoms with Gasteiger partial charge in [0.2, 0.25) is 5.91 Å². The van der Waals surface area contributed by atoms with Crippen LogP contribution < -0.4 is 10.6 Å². The van der Waals surface area contributed by atoms with Gasteiger partial charge in [0, 0.05) is 16.8 Å². The maximum Gasteiger partial charge on any atom is 0.241 e. The molecular formula is C17H19ClN2O. The van der Waals surface area contributed by atoms with Gasteiger partial charge in [-0.15, -0.1) is 0 Å². The fourth-order valence-corrected chi connectivity index (χ4v) is 2.20. The molecule has 110 valence electrons. The second kappa shape index (κ2) is 7.25. The second-order valence-corrected chi connectivity index (χ2v) is 5.45. The third kappa shape index (κ3) is 4.59. The maximum atomic E-state index is 12.1. The predicted molar refractivity (Wildman–Crippen MR) is 87.5 cm³/mol. The lowest BCUT2D eigenvalue weighted by Gasteiger charge is -2.20.